The molecule has 0 bridgehead atoms. The highest BCUT2D eigenvalue weighted by atomic mass is 35.5. The average molecular weight is 378 g/mol. The minimum Gasteiger partial charge on any atom is -0.258 e. The number of nitro benzene ring substituents is 1. The number of non-ortho nitro benzene ring substituents is 1. The van der Waals surface area contributed by atoms with Crippen LogP contribution in [0.2, 0.25) is 5.02 Å². The van der Waals surface area contributed by atoms with Gasteiger partial charge in [0.15, 0.2) is 0 Å². The van der Waals surface area contributed by atoms with Crippen LogP contribution in [0.1, 0.15) is 23.6 Å². The molecule has 134 valence electrons. The van der Waals surface area contributed by atoms with Gasteiger partial charge < -0.3 is 0 Å². The van der Waals surface area contributed by atoms with Crippen LogP contribution in [-0.2, 0) is 0 Å². The van der Waals surface area contributed by atoms with Crippen LogP contribution in [0.15, 0.2) is 84.0 Å². The summed E-state index contributed by atoms with van der Waals surface area (Å²) < 4.78 is 0. The summed E-state index contributed by atoms with van der Waals surface area (Å²) in [4.78, 5) is 10.5. The summed E-state index contributed by atoms with van der Waals surface area (Å²) in [5, 5.41) is 18.4. The van der Waals surface area contributed by atoms with E-state index in [-0.39, 0.29) is 11.7 Å². The van der Waals surface area contributed by atoms with Gasteiger partial charge in [-0.25, -0.2) is 0 Å². The Balaban J connectivity index is 1.73. The molecule has 1 atom stereocenters. The first-order valence-electron chi connectivity index (χ1n) is 8.54. The second-order valence-electron chi connectivity index (χ2n) is 6.30. The van der Waals surface area contributed by atoms with Gasteiger partial charge in [-0.05, 0) is 35.4 Å². The number of hydrazone groups is 1. The van der Waals surface area contributed by atoms with E-state index in [2.05, 4.69) is 0 Å². The predicted molar refractivity (Wildman–Crippen MR) is 107 cm³/mol. The minimum atomic E-state index is -0.400. The molecule has 27 heavy (non-hydrogen) atoms. The van der Waals surface area contributed by atoms with E-state index >= 15 is 0 Å². The Hall–Kier alpha value is -3.18. The van der Waals surface area contributed by atoms with Gasteiger partial charge in [0.2, 0.25) is 0 Å². The standard InChI is InChI=1S/C21H16ClN3O2/c22-17-8-6-16(7-9-17)21-14-20(15-4-2-1-3-5-15)23-24(21)18-10-12-19(13-11-18)25(26)27/h1-13,21H,14H2/t21-/m0/s1. The molecule has 0 radical (unpaired) electrons. The Morgan fingerprint density at radius 1 is 0.963 bits per heavy atom. The highest BCUT2D eigenvalue weighted by molar-refractivity contribution is 6.30. The van der Waals surface area contributed by atoms with Crippen molar-refractivity contribution in [2.24, 2.45) is 5.10 Å². The maximum absolute atomic E-state index is 10.9. The Morgan fingerprint density at radius 3 is 2.26 bits per heavy atom. The zero-order chi connectivity index (χ0) is 18.8. The first-order chi connectivity index (χ1) is 13.1. The lowest BCUT2D eigenvalue weighted by Crippen LogP contribution is -2.18. The summed E-state index contributed by atoms with van der Waals surface area (Å²) >= 11 is 6.04. The summed E-state index contributed by atoms with van der Waals surface area (Å²) in [7, 11) is 0. The molecule has 3 aromatic rings. The lowest BCUT2D eigenvalue weighted by molar-refractivity contribution is -0.384. The van der Waals surface area contributed by atoms with E-state index in [0.29, 0.717) is 5.02 Å². The number of benzene rings is 3. The van der Waals surface area contributed by atoms with Crippen molar-refractivity contribution in [2.75, 3.05) is 5.01 Å². The van der Waals surface area contributed by atoms with E-state index in [1.54, 1.807) is 12.1 Å². The maximum atomic E-state index is 10.9. The molecular weight excluding hydrogens is 362 g/mol. The molecule has 1 aliphatic rings. The van der Waals surface area contributed by atoms with Gasteiger partial charge in [-0.2, -0.15) is 5.10 Å². The van der Waals surface area contributed by atoms with E-state index < -0.39 is 4.92 Å². The van der Waals surface area contributed by atoms with Crippen molar-refractivity contribution < 1.29 is 4.92 Å². The van der Waals surface area contributed by atoms with Gasteiger partial charge in [0.1, 0.15) is 0 Å². The number of halogens is 1. The second-order valence-corrected chi connectivity index (χ2v) is 6.74. The Morgan fingerprint density at radius 2 is 1.63 bits per heavy atom. The quantitative estimate of drug-likeness (QED) is 0.439. The van der Waals surface area contributed by atoms with Crippen molar-refractivity contribution in [1.82, 2.24) is 0 Å². The Bertz CT molecular complexity index is 986. The molecule has 4 rings (SSSR count). The van der Waals surface area contributed by atoms with E-state index in [9.17, 15) is 10.1 Å². The first-order valence-corrected chi connectivity index (χ1v) is 8.92. The maximum Gasteiger partial charge on any atom is 0.269 e. The molecule has 0 amide bonds. The Labute approximate surface area is 161 Å². The zero-order valence-corrected chi connectivity index (χ0v) is 15.1. The van der Waals surface area contributed by atoms with E-state index in [4.69, 9.17) is 16.7 Å². The normalized spacial score (nSPS) is 16.3. The number of rotatable bonds is 4. The lowest BCUT2D eigenvalue weighted by Gasteiger charge is -2.24. The Kier molecular flexibility index (Phi) is 4.60. The minimum absolute atomic E-state index is 0.000992. The van der Waals surface area contributed by atoms with E-state index in [0.717, 1.165) is 28.9 Å². The van der Waals surface area contributed by atoms with Crippen LogP contribution in [0.4, 0.5) is 11.4 Å². The molecule has 1 heterocycles. The van der Waals surface area contributed by atoms with Crippen LogP contribution in [0.5, 0.6) is 0 Å². The fraction of sp³-hybridized carbons (Fsp3) is 0.0952. The molecule has 0 saturated carbocycles. The highest BCUT2D eigenvalue weighted by Gasteiger charge is 2.30. The third-order valence-electron chi connectivity index (χ3n) is 4.60. The molecule has 6 heteroatoms. The summed E-state index contributed by atoms with van der Waals surface area (Å²) in [5.74, 6) is 0. The topological polar surface area (TPSA) is 58.7 Å². The summed E-state index contributed by atoms with van der Waals surface area (Å²) in [6, 6.07) is 24.2. The third kappa shape index (κ3) is 3.55. The summed E-state index contributed by atoms with van der Waals surface area (Å²) in [6.07, 6.45) is 0.739. The number of nitrogens with zero attached hydrogens (tertiary/aromatic N) is 3. The molecule has 3 aromatic carbocycles. The number of hydrogen-bond acceptors (Lipinski definition) is 4. The smallest absolute Gasteiger partial charge is 0.258 e. The highest BCUT2D eigenvalue weighted by Crippen LogP contribution is 2.37. The van der Waals surface area contributed by atoms with Crippen LogP contribution in [0, 0.1) is 10.1 Å². The van der Waals surface area contributed by atoms with Crippen LogP contribution in [0.25, 0.3) is 0 Å². The second kappa shape index (κ2) is 7.21. The van der Waals surface area contributed by atoms with Gasteiger partial charge in [0.25, 0.3) is 5.69 Å². The number of anilines is 1. The van der Waals surface area contributed by atoms with Gasteiger partial charge in [0, 0.05) is 23.6 Å². The van der Waals surface area contributed by atoms with Gasteiger partial charge in [-0.15, -0.1) is 0 Å². The molecule has 0 unspecified atom stereocenters. The summed E-state index contributed by atoms with van der Waals surface area (Å²) in [5.41, 5.74) is 4.02. The fourth-order valence-electron chi connectivity index (χ4n) is 3.23. The summed E-state index contributed by atoms with van der Waals surface area (Å²) in [6.45, 7) is 0. The lowest BCUT2D eigenvalue weighted by atomic mass is 9.98. The van der Waals surface area contributed by atoms with Crippen LogP contribution < -0.4 is 5.01 Å². The van der Waals surface area contributed by atoms with Crippen molar-refractivity contribution in [3.8, 4) is 0 Å². The fourth-order valence-corrected chi connectivity index (χ4v) is 3.35. The number of nitro groups is 1. The molecule has 0 N–H and O–H groups in total. The van der Waals surface area contributed by atoms with Gasteiger partial charge in [-0.3, -0.25) is 15.1 Å². The molecule has 5 nitrogen and oxygen atoms in total. The van der Waals surface area contributed by atoms with Crippen LogP contribution in [-0.4, -0.2) is 10.6 Å². The largest absolute Gasteiger partial charge is 0.269 e. The predicted octanol–water partition coefficient (Wildman–Crippen LogP) is 5.60. The van der Waals surface area contributed by atoms with Crippen molar-refractivity contribution in [2.45, 2.75) is 12.5 Å². The molecule has 0 saturated heterocycles. The third-order valence-corrected chi connectivity index (χ3v) is 4.85. The molecule has 1 aliphatic heterocycles. The zero-order valence-electron chi connectivity index (χ0n) is 14.3. The molecule has 0 fully saturated rings. The van der Waals surface area contributed by atoms with E-state index in [1.807, 2.05) is 59.6 Å². The van der Waals surface area contributed by atoms with Crippen molar-refractivity contribution in [3.63, 3.8) is 0 Å². The molecule has 0 spiro atoms. The van der Waals surface area contributed by atoms with E-state index in [1.165, 1.54) is 12.1 Å². The number of hydrogen-bond donors (Lipinski definition) is 0. The SMILES string of the molecule is O=[N+]([O-])c1ccc(N2N=C(c3ccccc3)C[C@H]2c2ccc(Cl)cc2)cc1. The first kappa shape index (κ1) is 17.2. The molecular formula is C21H16ClN3O2. The molecule has 0 aromatic heterocycles. The molecule has 0 aliphatic carbocycles. The van der Waals surface area contributed by atoms with Crippen molar-refractivity contribution in [3.05, 3.63) is 105 Å². The van der Waals surface area contributed by atoms with Crippen LogP contribution in [0.3, 0.4) is 0 Å². The van der Waals surface area contributed by atoms with Crippen molar-refractivity contribution in [1.29, 1.82) is 0 Å². The van der Waals surface area contributed by atoms with Crippen LogP contribution >= 0.6 is 11.6 Å². The van der Waals surface area contributed by atoms with Gasteiger partial charge >= 0.3 is 0 Å². The van der Waals surface area contributed by atoms with Gasteiger partial charge in [0.05, 0.1) is 22.4 Å². The van der Waals surface area contributed by atoms with Gasteiger partial charge in [-0.1, -0.05) is 54.1 Å². The van der Waals surface area contributed by atoms with Crippen molar-refractivity contribution >= 4 is 28.7 Å². The monoisotopic (exact) mass is 377 g/mol. The average Bonchev–Trinajstić information content (AvgIpc) is 3.15.